The standard InChI is InChI=1S/C28H27N3OS/c32-28(22-33)21-30(24-10-4-1-5-11-24)29-20-23-16-18-27(19-17-23)31(25-12-6-2-7-13-25)26-14-8-3-9-15-26/h1-20,28,32-33H,21-22H2/b29-20+. The predicted octanol–water partition coefficient (Wildman–Crippen LogP) is 6.29. The van der Waals surface area contributed by atoms with Gasteiger partial charge in [-0.1, -0.05) is 66.7 Å². The molecule has 0 fully saturated rings. The Morgan fingerprint density at radius 1 is 0.667 bits per heavy atom. The van der Waals surface area contributed by atoms with E-state index in [0.717, 1.165) is 28.3 Å². The van der Waals surface area contributed by atoms with E-state index in [9.17, 15) is 5.11 Å². The molecule has 0 radical (unpaired) electrons. The summed E-state index contributed by atoms with van der Waals surface area (Å²) in [6, 6.07) is 38.8. The molecule has 0 aliphatic carbocycles. The Labute approximate surface area is 200 Å². The van der Waals surface area contributed by atoms with E-state index >= 15 is 0 Å². The molecule has 4 nitrogen and oxygen atoms in total. The second-order valence-electron chi connectivity index (χ2n) is 7.60. The van der Waals surface area contributed by atoms with Crippen LogP contribution in [0.15, 0.2) is 120 Å². The summed E-state index contributed by atoms with van der Waals surface area (Å²) in [4.78, 5) is 2.22. The fourth-order valence-corrected chi connectivity index (χ4v) is 3.64. The lowest BCUT2D eigenvalue weighted by atomic mass is 10.1. The number of rotatable bonds is 9. The summed E-state index contributed by atoms with van der Waals surface area (Å²) in [5.74, 6) is 0.377. The zero-order valence-electron chi connectivity index (χ0n) is 18.3. The van der Waals surface area contributed by atoms with Crippen LogP contribution in [-0.4, -0.2) is 29.7 Å². The van der Waals surface area contributed by atoms with Crippen molar-refractivity contribution >= 4 is 41.6 Å². The second kappa shape index (κ2) is 11.4. The summed E-state index contributed by atoms with van der Waals surface area (Å²) in [6.07, 6.45) is 1.25. The van der Waals surface area contributed by atoms with Crippen LogP contribution in [0.25, 0.3) is 0 Å². The van der Waals surface area contributed by atoms with Gasteiger partial charge in [0.05, 0.1) is 24.6 Å². The summed E-state index contributed by atoms with van der Waals surface area (Å²) in [6.45, 7) is 0.373. The molecular formula is C28H27N3OS. The number of benzene rings is 4. The van der Waals surface area contributed by atoms with E-state index in [1.165, 1.54) is 0 Å². The van der Waals surface area contributed by atoms with Crippen LogP contribution in [0.5, 0.6) is 0 Å². The van der Waals surface area contributed by atoms with Crippen molar-refractivity contribution in [2.75, 3.05) is 22.2 Å². The Morgan fingerprint density at radius 3 is 1.61 bits per heavy atom. The van der Waals surface area contributed by atoms with Crippen LogP contribution in [-0.2, 0) is 0 Å². The van der Waals surface area contributed by atoms with Crippen LogP contribution in [0.3, 0.4) is 0 Å². The second-order valence-corrected chi connectivity index (χ2v) is 7.96. The monoisotopic (exact) mass is 453 g/mol. The van der Waals surface area contributed by atoms with Crippen molar-refractivity contribution in [1.82, 2.24) is 0 Å². The fraction of sp³-hybridized carbons (Fsp3) is 0.107. The Hall–Kier alpha value is -3.54. The van der Waals surface area contributed by atoms with Crippen molar-refractivity contribution in [1.29, 1.82) is 0 Å². The Balaban J connectivity index is 1.59. The normalized spacial score (nSPS) is 11.9. The highest BCUT2D eigenvalue weighted by Gasteiger charge is 2.12. The number of aliphatic hydroxyl groups excluding tert-OH is 1. The van der Waals surface area contributed by atoms with Crippen molar-refractivity contribution in [2.24, 2.45) is 5.10 Å². The Bertz CT molecular complexity index is 1100. The molecule has 1 atom stereocenters. The highest BCUT2D eigenvalue weighted by Crippen LogP contribution is 2.33. The van der Waals surface area contributed by atoms with Gasteiger partial charge in [-0.15, -0.1) is 0 Å². The van der Waals surface area contributed by atoms with E-state index in [-0.39, 0.29) is 0 Å². The third-order valence-corrected chi connectivity index (χ3v) is 5.60. The van der Waals surface area contributed by atoms with Crippen molar-refractivity contribution in [3.05, 3.63) is 121 Å². The van der Waals surface area contributed by atoms with Crippen LogP contribution in [0.1, 0.15) is 5.56 Å². The molecule has 1 N–H and O–H groups in total. The maximum absolute atomic E-state index is 10.1. The minimum absolute atomic E-state index is 0.373. The third-order valence-electron chi connectivity index (χ3n) is 5.17. The van der Waals surface area contributed by atoms with Crippen LogP contribution >= 0.6 is 12.6 Å². The van der Waals surface area contributed by atoms with Gasteiger partial charge in [-0.2, -0.15) is 17.7 Å². The average Bonchev–Trinajstić information content (AvgIpc) is 2.89. The van der Waals surface area contributed by atoms with Gasteiger partial charge >= 0.3 is 0 Å². The number of anilines is 4. The quantitative estimate of drug-likeness (QED) is 0.178. The van der Waals surface area contributed by atoms with E-state index in [2.05, 4.69) is 71.2 Å². The molecule has 1 unspecified atom stereocenters. The minimum Gasteiger partial charge on any atom is -0.390 e. The van der Waals surface area contributed by atoms with Gasteiger partial charge in [-0.25, -0.2) is 0 Å². The first-order valence-corrected chi connectivity index (χ1v) is 11.5. The first kappa shape index (κ1) is 22.6. The molecule has 0 saturated carbocycles. The van der Waals surface area contributed by atoms with Crippen LogP contribution in [0.4, 0.5) is 22.7 Å². The first-order valence-electron chi connectivity index (χ1n) is 10.9. The topological polar surface area (TPSA) is 39.1 Å². The van der Waals surface area contributed by atoms with E-state index in [0.29, 0.717) is 12.3 Å². The van der Waals surface area contributed by atoms with Crippen molar-refractivity contribution in [3.8, 4) is 0 Å². The van der Waals surface area contributed by atoms with Crippen LogP contribution < -0.4 is 9.91 Å². The van der Waals surface area contributed by atoms with Crippen LogP contribution in [0.2, 0.25) is 0 Å². The highest BCUT2D eigenvalue weighted by atomic mass is 32.1. The van der Waals surface area contributed by atoms with Gasteiger partial charge in [-0.3, -0.25) is 5.01 Å². The summed E-state index contributed by atoms with van der Waals surface area (Å²) in [7, 11) is 0. The van der Waals surface area contributed by atoms with Crippen molar-refractivity contribution < 1.29 is 5.11 Å². The molecule has 4 rings (SSSR count). The molecule has 0 bridgehead atoms. The zero-order chi connectivity index (χ0) is 22.9. The molecule has 33 heavy (non-hydrogen) atoms. The molecule has 5 heteroatoms. The smallest absolute Gasteiger partial charge is 0.0824 e. The van der Waals surface area contributed by atoms with Gasteiger partial charge < -0.3 is 10.0 Å². The average molecular weight is 454 g/mol. The third kappa shape index (κ3) is 6.04. The number of thiol groups is 1. The molecule has 0 aliphatic heterocycles. The van der Waals surface area contributed by atoms with Crippen molar-refractivity contribution in [3.63, 3.8) is 0 Å². The lowest BCUT2D eigenvalue weighted by molar-refractivity contribution is 0.205. The fourth-order valence-electron chi connectivity index (χ4n) is 3.52. The number of nitrogens with zero attached hydrogens (tertiary/aromatic N) is 3. The number of hydrogen-bond donors (Lipinski definition) is 2. The van der Waals surface area contributed by atoms with Gasteiger partial charge in [0, 0.05) is 22.8 Å². The number of para-hydroxylation sites is 3. The summed E-state index contributed by atoms with van der Waals surface area (Å²) in [5.41, 5.74) is 5.16. The van der Waals surface area contributed by atoms with Crippen LogP contribution in [0, 0.1) is 0 Å². The predicted molar refractivity (Wildman–Crippen MR) is 142 cm³/mol. The van der Waals surface area contributed by atoms with Gasteiger partial charge in [-0.05, 0) is 54.1 Å². The molecule has 0 aromatic heterocycles. The zero-order valence-corrected chi connectivity index (χ0v) is 19.2. The Morgan fingerprint density at radius 2 is 1.12 bits per heavy atom. The van der Waals surface area contributed by atoms with Gasteiger partial charge in [0.15, 0.2) is 0 Å². The molecule has 4 aromatic rings. The molecule has 0 saturated heterocycles. The molecular weight excluding hydrogens is 426 g/mol. The van der Waals surface area contributed by atoms with E-state index in [1.807, 2.05) is 72.9 Å². The van der Waals surface area contributed by atoms with Gasteiger partial charge in [0.1, 0.15) is 0 Å². The van der Waals surface area contributed by atoms with Crippen molar-refractivity contribution in [2.45, 2.75) is 6.10 Å². The largest absolute Gasteiger partial charge is 0.390 e. The summed E-state index contributed by atoms with van der Waals surface area (Å²) in [5, 5.41) is 16.5. The SMILES string of the molecule is OC(CS)CN(/N=C/c1ccc(N(c2ccccc2)c2ccccc2)cc1)c1ccccc1. The molecule has 166 valence electrons. The molecule has 0 heterocycles. The maximum atomic E-state index is 10.1. The minimum atomic E-state index is -0.571. The first-order chi connectivity index (χ1) is 16.2. The molecule has 4 aromatic carbocycles. The number of hydrogen-bond acceptors (Lipinski definition) is 5. The Kier molecular flexibility index (Phi) is 7.80. The summed E-state index contributed by atoms with van der Waals surface area (Å²) >= 11 is 4.20. The lowest BCUT2D eigenvalue weighted by Crippen LogP contribution is -2.29. The highest BCUT2D eigenvalue weighted by molar-refractivity contribution is 7.80. The number of aliphatic hydroxyl groups is 1. The molecule has 0 spiro atoms. The van der Waals surface area contributed by atoms with Gasteiger partial charge in [0.2, 0.25) is 0 Å². The number of hydrazone groups is 1. The summed E-state index contributed by atoms with van der Waals surface area (Å²) < 4.78 is 0. The molecule has 0 amide bonds. The lowest BCUT2D eigenvalue weighted by Gasteiger charge is -2.25. The van der Waals surface area contributed by atoms with E-state index in [4.69, 9.17) is 0 Å². The van der Waals surface area contributed by atoms with E-state index < -0.39 is 6.10 Å². The van der Waals surface area contributed by atoms with E-state index in [1.54, 1.807) is 5.01 Å². The van der Waals surface area contributed by atoms with Gasteiger partial charge in [0.25, 0.3) is 0 Å². The maximum Gasteiger partial charge on any atom is 0.0824 e. The molecule has 0 aliphatic rings.